The summed E-state index contributed by atoms with van der Waals surface area (Å²) >= 11 is 0. The van der Waals surface area contributed by atoms with Crippen LogP contribution in [0.5, 0.6) is 0 Å². The van der Waals surface area contributed by atoms with Gasteiger partial charge in [-0.05, 0) is 42.9 Å². The van der Waals surface area contributed by atoms with Gasteiger partial charge in [0.25, 0.3) is 0 Å². The van der Waals surface area contributed by atoms with Crippen LogP contribution in [0, 0.1) is 11.7 Å². The molecule has 1 aliphatic carbocycles. The van der Waals surface area contributed by atoms with E-state index in [1.165, 1.54) is 25.0 Å². The van der Waals surface area contributed by atoms with Crippen molar-refractivity contribution >= 4 is 29.9 Å². The fourth-order valence-corrected chi connectivity index (χ4v) is 1.97. The van der Waals surface area contributed by atoms with Crippen molar-refractivity contribution < 1.29 is 9.13 Å². The largest absolute Gasteiger partial charge is 0.381 e. The van der Waals surface area contributed by atoms with Crippen LogP contribution in [0.4, 0.5) is 4.39 Å². The minimum Gasteiger partial charge on any atom is -0.381 e. The summed E-state index contributed by atoms with van der Waals surface area (Å²) in [7, 11) is 1.73. The summed E-state index contributed by atoms with van der Waals surface area (Å²) in [6.45, 7) is 3.06. The average molecular weight is 421 g/mol. The molecule has 1 fully saturated rings. The molecule has 0 saturated heterocycles. The predicted octanol–water partition coefficient (Wildman–Crippen LogP) is 2.93. The Morgan fingerprint density at radius 2 is 2.18 bits per heavy atom. The molecular weight excluding hydrogens is 396 g/mol. The van der Waals surface area contributed by atoms with E-state index in [0.717, 1.165) is 43.6 Å². The van der Waals surface area contributed by atoms with Gasteiger partial charge in [0, 0.05) is 33.4 Å². The smallest absolute Gasteiger partial charge is 0.191 e. The number of hydrogen-bond donors (Lipinski definition) is 2. The second-order valence-electron chi connectivity index (χ2n) is 5.35. The third-order valence-corrected chi connectivity index (χ3v) is 3.38. The lowest BCUT2D eigenvalue weighted by molar-refractivity contribution is 0.123. The third kappa shape index (κ3) is 7.93. The van der Waals surface area contributed by atoms with Gasteiger partial charge in [-0.1, -0.05) is 12.1 Å². The molecule has 1 aromatic carbocycles. The number of nitrogens with one attached hydrogen (secondary N) is 2. The average Bonchev–Trinajstić information content (AvgIpc) is 3.30. The molecule has 0 bridgehead atoms. The predicted molar refractivity (Wildman–Crippen MR) is 98.2 cm³/mol. The summed E-state index contributed by atoms with van der Waals surface area (Å²) in [5.41, 5.74) is 0.894. The topological polar surface area (TPSA) is 45.7 Å². The van der Waals surface area contributed by atoms with Crippen LogP contribution in [-0.2, 0) is 11.3 Å². The van der Waals surface area contributed by atoms with Crippen molar-refractivity contribution in [1.82, 2.24) is 10.6 Å². The molecule has 1 saturated carbocycles. The normalized spacial score (nSPS) is 14.4. The molecule has 6 heteroatoms. The highest BCUT2D eigenvalue weighted by atomic mass is 127. The van der Waals surface area contributed by atoms with Gasteiger partial charge in [-0.25, -0.2) is 4.39 Å². The Balaban J connectivity index is 0.00000242. The van der Waals surface area contributed by atoms with E-state index in [9.17, 15) is 4.39 Å². The molecule has 0 unspecified atom stereocenters. The van der Waals surface area contributed by atoms with E-state index in [0.29, 0.717) is 6.54 Å². The Hall–Kier alpha value is -0.890. The lowest BCUT2D eigenvalue weighted by Crippen LogP contribution is -2.37. The number of nitrogens with zero attached hydrogens (tertiary/aromatic N) is 1. The van der Waals surface area contributed by atoms with E-state index in [1.54, 1.807) is 13.1 Å². The fraction of sp³-hybridized carbons (Fsp3) is 0.562. The van der Waals surface area contributed by atoms with Gasteiger partial charge in [0.15, 0.2) is 5.96 Å². The van der Waals surface area contributed by atoms with E-state index < -0.39 is 0 Å². The summed E-state index contributed by atoms with van der Waals surface area (Å²) in [4.78, 5) is 4.14. The summed E-state index contributed by atoms with van der Waals surface area (Å²) in [5.74, 6) is 1.32. The van der Waals surface area contributed by atoms with Crippen molar-refractivity contribution in [2.75, 3.05) is 26.8 Å². The highest BCUT2D eigenvalue weighted by molar-refractivity contribution is 14.0. The minimum absolute atomic E-state index is 0. The lowest BCUT2D eigenvalue weighted by Gasteiger charge is -2.12. The second kappa shape index (κ2) is 10.8. The zero-order chi connectivity index (χ0) is 14.9. The zero-order valence-electron chi connectivity index (χ0n) is 13.0. The van der Waals surface area contributed by atoms with Gasteiger partial charge in [-0.2, -0.15) is 0 Å². The van der Waals surface area contributed by atoms with Gasteiger partial charge in [0.2, 0.25) is 0 Å². The van der Waals surface area contributed by atoms with Crippen molar-refractivity contribution in [2.45, 2.75) is 25.8 Å². The molecule has 4 nitrogen and oxygen atoms in total. The van der Waals surface area contributed by atoms with Crippen LogP contribution in [-0.4, -0.2) is 32.8 Å². The van der Waals surface area contributed by atoms with Gasteiger partial charge in [-0.15, -0.1) is 24.0 Å². The molecule has 22 heavy (non-hydrogen) atoms. The number of hydrogen-bond acceptors (Lipinski definition) is 2. The number of aliphatic imine (C=N–C) groups is 1. The van der Waals surface area contributed by atoms with Crippen molar-refractivity contribution in [3.63, 3.8) is 0 Å². The Morgan fingerprint density at radius 1 is 1.36 bits per heavy atom. The van der Waals surface area contributed by atoms with Gasteiger partial charge in [-0.3, -0.25) is 4.99 Å². The highest BCUT2D eigenvalue weighted by Crippen LogP contribution is 2.28. The molecule has 1 aromatic rings. The Morgan fingerprint density at radius 3 is 2.86 bits per heavy atom. The van der Waals surface area contributed by atoms with Crippen molar-refractivity contribution in [2.24, 2.45) is 10.9 Å². The van der Waals surface area contributed by atoms with E-state index in [1.807, 2.05) is 6.07 Å². The molecule has 0 atom stereocenters. The third-order valence-electron chi connectivity index (χ3n) is 3.38. The molecular formula is C16H25FIN3O. The van der Waals surface area contributed by atoms with Crippen molar-refractivity contribution in [3.8, 4) is 0 Å². The van der Waals surface area contributed by atoms with Crippen molar-refractivity contribution in [1.29, 1.82) is 0 Å². The molecule has 1 aliphatic rings. The monoisotopic (exact) mass is 421 g/mol. The van der Waals surface area contributed by atoms with Crippen LogP contribution in [0.3, 0.4) is 0 Å². The summed E-state index contributed by atoms with van der Waals surface area (Å²) < 4.78 is 18.6. The molecule has 2 N–H and O–H groups in total. The molecule has 0 radical (unpaired) electrons. The molecule has 0 aliphatic heterocycles. The van der Waals surface area contributed by atoms with E-state index in [2.05, 4.69) is 15.6 Å². The summed E-state index contributed by atoms with van der Waals surface area (Å²) in [6, 6.07) is 6.55. The Kier molecular flexibility index (Phi) is 9.38. The Bertz CT molecular complexity index is 466. The number of rotatable bonds is 8. The molecule has 0 spiro atoms. The first kappa shape index (κ1) is 19.2. The fourth-order valence-electron chi connectivity index (χ4n) is 1.97. The molecule has 0 amide bonds. The second-order valence-corrected chi connectivity index (χ2v) is 5.35. The van der Waals surface area contributed by atoms with Crippen LogP contribution in [0.2, 0.25) is 0 Å². The SMILES string of the molecule is CN=C(NCCCOCC1CC1)NCc1cccc(F)c1.I. The maximum absolute atomic E-state index is 13.1. The first-order chi connectivity index (χ1) is 10.3. The van der Waals surface area contributed by atoms with Crippen molar-refractivity contribution in [3.05, 3.63) is 35.6 Å². The molecule has 2 rings (SSSR count). The summed E-state index contributed by atoms with van der Waals surface area (Å²) in [5, 5.41) is 6.39. The van der Waals surface area contributed by atoms with Gasteiger partial charge < -0.3 is 15.4 Å². The minimum atomic E-state index is -0.218. The lowest BCUT2D eigenvalue weighted by atomic mass is 10.2. The zero-order valence-corrected chi connectivity index (χ0v) is 15.3. The first-order valence-electron chi connectivity index (χ1n) is 7.54. The highest BCUT2D eigenvalue weighted by Gasteiger charge is 2.20. The van der Waals surface area contributed by atoms with Gasteiger partial charge in [0.05, 0.1) is 0 Å². The number of ether oxygens (including phenoxy) is 1. The van der Waals surface area contributed by atoms with Gasteiger partial charge in [0.1, 0.15) is 5.82 Å². The maximum atomic E-state index is 13.1. The van der Waals surface area contributed by atoms with Crippen LogP contribution < -0.4 is 10.6 Å². The van der Waals surface area contributed by atoms with E-state index in [4.69, 9.17) is 4.74 Å². The van der Waals surface area contributed by atoms with Crippen LogP contribution in [0.1, 0.15) is 24.8 Å². The molecule has 0 heterocycles. The maximum Gasteiger partial charge on any atom is 0.191 e. The van der Waals surface area contributed by atoms with Gasteiger partial charge >= 0.3 is 0 Å². The van der Waals surface area contributed by atoms with Crippen LogP contribution in [0.15, 0.2) is 29.3 Å². The quantitative estimate of drug-likeness (QED) is 0.294. The van der Waals surface area contributed by atoms with Crippen LogP contribution >= 0.6 is 24.0 Å². The number of halogens is 2. The molecule has 0 aromatic heterocycles. The molecule has 124 valence electrons. The summed E-state index contributed by atoms with van der Waals surface area (Å²) in [6.07, 6.45) is 3.61. The van der Waals surface area contributed by atoms with E-state index in [-0.39, 0.29) is 29.8 Å². The number of guanidine groups is 1. The Labute approximate surface area is 148 Å². The standard InChI is InChI=1S/C16H24FN3O.HI/c1-18-16(19-8-3-9-21-12-13-6-7-13)20-11-14-4-2-5-15(17)10-14;/h2,4-5,10,13H,3,6-9,11-12H2,1H3,(H2,18,19,20);1H. The van der Waals surface area contributed by atoms with Crippen LogP contribution in [0.25, 0.3) is 0 Å². The van der Waals surface area contributed by atoms with E-state index >= 15 is 0 Å². The number of benzene rings is 1. The first-order valence-corrected chi connectivity index (χ1v) is 7.54.